The SMILES string of the molecule is COCCn1ccnc1CN1CCC[C@@]2(C=Cc3ccccc3O2)CC1. The maximum Gasteiger partial charge on any atom is 0.129 e. The average molecular weight is 353 g/mol. The molecule has 1 atom stereocenters. The van der Waals surface area contributed by atoms with Crippen molar-refractivity contribution in [2.45, 2.75) is 38.0 Å². The minimum atomic E-state index is -0.158. The van der Waals surface area contributed by atoms with Crippen molar-refractivity contribution >= 4 is 6.08 Å². The third kappa shape index (κ3) is 3.69. The number of aromatic nitrogens is 2. The van der Waals surface area contributed by atoms with Crippen molar-refractivity contribution in [3.05, 3.63) is 54.1 Å². The summed E-state index contributed by atoms with van der Waals surface area (Å²) >= 11 is 0. The number of hydrogen-bond acceptors (Lipinski definition) is 4. The average Bonchev–Trinajstić information content (AvgIpc) is 3.02. The number of para-hydroxylation sites is 1. The number of benzene rings is 1. The molecular weight excluding hydrogens is 326 g/mol. The Kier molecular flexibility index (Phi) is 5.09. The van der Waals surface area contributed by atoms with Gasteiger partial charge < -0.3 is 14.0 Å². The van der Waals surface area contributed by atoms with Gasteiger partial charge >= 0.3 is 0 Å². The molecule has 1 spiro atoms. The predicted molar refractivity (Wildman–Crippen MR) is 102 cm³/mol. The fourth-order valence-electron chi connectivity index (χ4n) is 3.90. The molecule has 2 aliphatic heterocycles. The van der Waals surface area contributed by atoms with E-state index in [4.69, 9.17) is 9.47 Å². The zero-order chi connectivity index (χ0) is 17.8. The Morgan fingerprint density at radius 2 is 2.15 bits per heavy atom. The van der Waals surface area contributed by atoms with Crippen LogP contribution in [0.2, 0.25) is 0 Å². The molecule has 0 saturated carbocycles. The number of nitrogens with zero attached hydrogens (tertiary/aromatic N) is 3. The highest BCUT2D eigenvalue weighted by Gasteiger charge is 2.34. The summed E-state index contributed by atoms with van der Waals surface area (Å²) in [7, 11) is 1.74. The first-order valence-electron chi connectivity index (χ1n) is 9.47. The van der Waals surface area contributed by atoms with Gasteiger partial charge in [0.15, 0.2) is 0 Å². The van der Waals surface area contributed by atoms with E-state index in [0.717, 1.165) is 57.0 Å². The number of imidazole rings is 1. The smallest absolute Gasteiger partial charge is 0.129 e. The molecule has 2 aromatic rings. The van der Waals surface area contributed by atoms with Crippen LogP contribution in [0.4, 0.5) is 0 Å². The third-order valence-corrected chi connectivity index (χ3v) is 5.43. The Morgan fingerprint density at radius 3 is 3.08 bits per heavy atom. The van der Waals surface area contributed by atoms with E-state index in [1.807, 2.05) is 12.4 Å². The molecule has 0 amide bonds. The highest BCUT2D eigenvalue weighted by Crippen LogP contribution is 2.37. The molecule has 138 valence electrons. The van der Waals surface area contributed by atoms with Crippen LogP contribution in [0.25, 0.3) is 6.08 Å². The minimum absolute atomic E-state index is 0.158. The Labute approximate surface area is 155 Å². The van der Waals surface area contributed by atoms with Gasteiger partial charge in [0.1, 0.15) is 17.2 Å². The number of ether oxygens (including phenoxy) is 2. The minimum Gasteiger partial charge on any atom is -0.483 e. The van der Waals surface area contributed by atoms with Gasteiger partial charge in [0.2, 0.25) is 0 Å². The fraction of sp³-hybridized carbons (Fsp3) is 0.476. The van der Waals surface area contributed by atoms with Gasteiger partial charge in [-0.1, -0.05) is 24.3 Å². The summed E-state index contributed by atoms with van der Waals surface area (Å²) in [5.74, 6) is 2.13. The maximum absolute atomic E-state index is 6.45. The summed E-state index contributed by atoms with van der Waals surface area (Å²) in [6.45, 7) is 4.55. The second-order valence-electron chi connectivity index (χ2n) is 7.20. The molecule has 5 heteroatoms. The van der Waals surface area contributed by atoms with Crippen molar-refractivity contribution < 1.29 is 9.47 Å². The number of rotatable bonds is 5. The number of fused-ring (bicyclic) bond motifs is 1. The summed E-state index contributed by atoms with van der Waals surface area (Å²) in [6, 6.07) is 8.30. The van der Waals surface area contributed by atoms with Gasteiger partial charge in [-0.05, 0) is 31.5 Å². The topological polar surface area (TPSA) is 39.5 Å². The van der Waals surface area contributed by atoms with Crippen molar-refractivity contribution in [1.82, 2.24) is 14.5 Å². The van der Waals surface area contributed by atoms with Gasteiger partial charge in [-0.15, -0.1) is 0 Å². The quantitative estimate of drug-likeness (QED) is 0.826. The zero-order valence-corrected chi connectivity index (χ0v) is 15.4. The predicted octanol–water partition coefficient (Wildman–Crippen LogP) is 3.36. The number of hydrogen-bond donors (Lipinski definition) is 0. The lowest BCUT2D eigenvalue weighted by molar-refractivity contribution is 0.0988. The lowest BCUT2D eigenvalue weighted by Gasteiger charge is -2.34. The molecule has 0 radical (unpaired) electrons. The molecule has 1 aromatic heterocycles. The van der Waals surface area contributed by atoms with Crippen LogP contribution in [-0.4, -0.2) is 46.9 Å². The molecular formula is C21H27N3O2. The Hall–Kier alpha value is -2.11. The van der Waals surface area contributed by atoms with Crippen LogP contribution in [0.3, 0.4) is 0 Å². The maximum atomic E-state index is 6.45. The van der Waals surface area contributed by atoms with Crippen molar-refractivity contribution in [3.8, 4) is 5.75 Å². The Bertz CT molecular complexity index is 770. The molecule has 5 nitrogen and oxygen atoms in total. The van der Waals surface area contributed by atoms with E-state index in [1.54, 1.807) is 7.11 Å². The first-order chi connectivity index (χ1) is 12.8. The lowest BCUT2D eigenvalue weighted by Crippen LogP contribution is -2.37. The Morgan fingerprint density at radius 1 is 1.23 bits per heavy atom. The van der Waals surface area contributed by atoms with E-state index < -0.39 is 0 Å². The molecule has 4 rings (SSSR count). The van der Waals surface area contributed by atoms with Crippen molar-refractivity contribution in [2.75, 3.05) is 26.8 Å². The molecule has 0 N–H and O–H groups in total. The number of likely N-dealkylation sites (tertiary alicyclic amines) is 1. The molecule has 2 aliphatic rings. The molecule has 26 heavy (non-hydrogen) atoms. The van der Waals surface area contributed by atoms with E-state index in [-0.39, 0.29) is 5.60 Å². The molecule has 1 fully saturated rings. The first kappa shape index (κ1) is 17.3. The van der Waals surface area contributed by atoms with Crippen LogP contribution in [0.5, 0.6) is 5.75 Å². The molecule has 3 heterocycles. The largest absolute Gasteiger partial charge is 0.483 e. The van der Waals surface area contributed by atoms with E-state index in [9.17, 15) is 0 Å². The van der Waals surface area contributed by atoms with Crippen LogP contribution >= 0.6 is 0 Å². The van der Waals surface area contributed by atoms with Crippen molar-refractivity contribution in [2.24, 2.45) is 0 Å². The van der Waals surface area contributed by atoms with Gasteiger partial charge in [-0.2, -0.15) is 0 Å². The number of methoxy groups -OCH3 is 1. The van der Waals surface area contributed by atoms with Gasteiger partial charge in [0.25, 0.3) is 0 Å². The van der Waals surface area contributed by atoms with Crippen molar-refractivity contribution in [1.29, 1.82) is 0 Å². The molecule has 1 saturated heterocycles. The fourth-order valence-corrected chi connectivity index (χ4v) is 3.90. The van der Waals surface area contributed by atoms with Crippen LogP contribution in [-0.2, 0) is 17.8 Å². The van der Waals surface area contributed by atoms with Gasteiger partial charge in [-0.3, -0.25) is 4.90 Å². The highest BCUT2D eigenvalue weighted by atomic mass is 16.5. The highest BCUT2D eigenvalue weighted by molar-refractivity contribution is 5.60. The van der Waals surface area contributed by atoms with Crippen LogP contribution in [0, 0.1) is 0 Å². The summed E-state index contributed by atoms with van der Waals surface area (Å²) in [6.07, 6.45) is 11.6. The molecule has 0 bridgehead atoms. The van der Waals surface area contributed by atoms with Gasteiger partial charge in [0.05, 0.1) is 13.2 Å². The van der Waals surface area contributed by atoms with E-state index >= 15 is 0 Å². The third-order valence-electron chi connectivity index (χ3n) is 5.43. The molecule has 0 aliphatic carbocycles. The van der Waals surface area contributed by atoms with Crippen LogP contribution < -0.4 is 4.74 Å². The van der Waals surface area contributed by atoms with Crippen LogP contribution in [0.1, 0.15) is 30.7 Å². The molecule has 0 unspecified atom stereocenters. The Balaban J connectivity index is 1.41. The second kappa shape index (κ2) is 7.64. The molecule has 1 aromatic carbocycles. The van der Waals surface area contributed by atoms with E-state index in [1.165, 1.54) is 5.56 Å². The standard InChI is InChI=1S/C21H27N3O2/c1-25-16-15-24-14-11-22-20(24)17-23-12-4-8-21(10-13-23)9-7-18-5-2-3-6-19(18)26-21/h2-3,5-7,9,11,14H,4,8,10,12-13,15-17H2,1H3/t21-/m1/s1. The van der Waals surface area contributed by atoms with Gasteiger partial charge in [-0.25, -0.2) is 4.98 Å². The summed E-state index contributed by atoms with van der Waals surface area (Å²) < 4.78 is 13.8. The first-order valence-corrected chi connectivity index (χ1v) is 9.47. The second-order valence-corrected chi connectivity index (χ2v) is 7.20. The van der Waals surface area contributed by atoms with Gasteiger partial charge in [0, 0.05) is 44.6 Å². The summed E-state index contributed by atoms with van der Waals surface area (Å²) in [4.78, 5) is 7.05. The summed E-state index contributed by atoms with van der Waals surface area (Å²) in [5, 5.41) is 0. The zero-order valence-electron chi connectivity index (χ0n) is 15.4. The monoisotopic (exact) mass is 353 g/mol. The van der Waals surface area contributed by atoms with E-state index in [0.29, 0.717) is 6.61 Å². The van der Waals surface area contributed by atoms with E-state index in [2.05, 4.69) is 50.9 Å². The lowest BCUT2D eigenvalue weighted by atomic mass is 9.91. The summed E-state index contributed by atoms with van der Waals surface area (Å²) in [5.41, 5.74) is 1.02. The van der Waals surface area contributed by atoms with Crippen LogP contribution in [0.15, 0.2) is 42.7 Å². The van der Waals surface area contributed by atoms with Crippen molar-refractivity contribution in [3.63, 3.8) is 0 Å². The normalized spacial score (nSPS) is 22.8.